The highest BCUT2D eigenvalue weighted by molar-refractivity contribution is 5.64. The van der Waals surface area contributed by atoms with Crippen LogP contribution in [0.15, 0.2) is 61.6 Å². The topological polar surface area (TPSA) is 114 Å². The van der Waals surface area contributed by atoms with Gasteiger partial charge in [0.05, 0.1) is 11.3 Å². The number of benzene rings is 1. The Bertz CT molecular complexity index is 1630. The highest BCUT2D eigenvalue weighted by atomic mass is 19.4. The number of halogens is 3. The number of imidazole rings is 1. The molecular weight excluding hydrogens is 523 g/mol. The minimum absolute atomic E-state index is 0.100. The summed E-state index contributed by atoms with van der Waals surface area (Å²) in [6.07, 6.45) is 5.31. The van der Waals surface area contributed by atoms with Crippen molar-refractivity contribution in [3.05, 3.63) is 67.1 Å². The second-order valence-corrected chi connectivity index (χ2v) is 10.4. The monoisotopic (exact) mass is 549 g/mol. The normalized spacial score (nSPS) is 15.4. The van der Waals surface area contributed by atoms with Crippen molar-refractivity contribution in [2.24, 2.45) is 5.41 Å². The summed E-state index contributed by atoms with van der Waals surface area (Å²) in [6.45, 7) is 5.94. The second kappa shape index (κ2) is 9.77. The molecule has 1 fully saturated rings. The van der Waals surface area contributed by atoms with E-state index in [2.05, 4.69) is 59.4 Å². The van der Waals surface area contributed by atoms with Crippen molar-refractivity contribution >= 4 is 34.9 Å². The summed E-state index contributed by atoms with van der Waals surface area (Å²) in [6, 6.07) is 7.23. The predicted octanol–water partition coefficient (Wildman–Crippen LogP) is 5.23. The van der Waals surface area contributed by atoms with E-state index in [0.29, 0.717) is 11.6 Å². The fourth-order valence-corrected chi connectivity index (χ4v) is 4.50. The molecule has 0 spiro atoms. The summed E-state index contributed by atoms with van der Waals surface area (Å²) in [5.41, 5.74) is 1.13. The predicted molar refractivity (Wildman–Crippen MR) is 143 cm³/mol. The van der Waals surface area contributed by atoms with Crippen LogP contribution in [0, 0.1) is 5.41 Å². The third kappa shape index (κ3) is 5.51. The van der Waals surface area contributed by atoms with Crippen LogP contribution in [0.25, 0.3) is 11.3 Å². The quantitative estimate of drug-likeness (QED) is 0.294. The number of alkyl halides is 3. The van der Waals surface area contributed by atoms with Gasteiger partial charge in [0.25, 0.3) is 0 Å². The Balaban J connectivity index is 1.37. The highest BCUT2D eigenvalue weighted by Gasteiger charge is 2.32. The molecule has 14 heteroatoms. The van der Waals surface area contributed by atoms with Crippen molar-refractivity contribution in [1.82, 2.24) is 39.1 Å². The Morgan fingerprint density at radius 1 is 0.900 bits per heavy atom. The molecule has 5 aromatic rings. The first kappa shape index (κ1) is 25.5. The Morgan fingerprint density at radius 3 is 2.35 bits per heavy atom. The number of fused-ring (bicyclic) bond motifs is 1. The first-order chi connectivity index (χ1) is 19.1. The van der Waals surface area contributed by atoms with E-state index in [1.165, 1.54) is 23.4 Å². The van der Waals surface area contributed by atoms with Crippen LogP contribution in [0.3, 0.4) is 0 Å². The summed E-state index contributed by atoms with van der Waals surface area (Å²) in [4.78, 5) is 23.9. The molecular formula is C26H26F3N11. The lowest BCUT2D eigenvalue weighted by molar-refractivity contribution is -0.137. The van der Waals surface area contributed by atoms with Crippen LogP contribution in [0.5, 0.6) is 0 Å². The fourth-order valence-electron chi connectivity index (χ4n) is 4.50. The highest BCUT2D eigenvalue weighted by Crippen LogP contribution is 2.34. The van der Waals surface area contributed by atoms with Gasteiger partial charge in [0.15, 0.2) is 0 Å². The Morgan fingerprint density at radius 2 is 1.65 bits per heavy atom. The zero-order valence-electron chi connectivity index (χ0n) is 21.8. The molecule has 0 unspecified atom stereocenters. The summed E-state index contributed by atoms with van der Waals surface area (Å²) >= 11 is 0. The number of hydrogen-bond acceptors (Lipinski definition) is 9. The molecule has 1 aliphatic rings. The lowest BCUT2D eigenvalue weighted by Gasteiger charge is -2.36. The van der Waals surface area contributed by atoms with E-state index >= 15 is 0 Å². The van der Waals surface area contributed by atoms with Crippen LogP contribution in [0.1, 0.15) is 32.3 Å². The van der Waals surface area contributed by atoms with Gasteiger partial charge < -0.3 is 19.9 Å². The molecule has 0 aliphatic carbocycles. The summed E-state index contributed by atoms with van der Waals surface area (Å²) in [5, 5.41) is 10.1. The van der Waals surface area contributed by atoms with Gasteiger partial charge in [0, 0.05) is 49.1 Å². The molecule has 1 saturated heterocycles. The molecule has 0 bridgehead atoms. The Hall–Kier alpha value is -4.75. The molecule has 206 valence electrons. The largest absolute Gasteiger partial charge is 0.416 e. The number of aromatic nitrogens is 8. The van der Waals surface area contributed by atoms with Crippen molar-refractivity contribution in [2.75, 3.05) is 28.6 Å². The van der Waals surface area contributed by atoms with E-state index in [9.17, 15) is 13.2 Å². The van der Waals surface area contributed by atoms with Gasteiger partial charge in [0.2, 0.25) is 17.8 Å². The van der Waals surface area contributed by atoms with E-state index in [1.54, 1.807) is 6.20 Å². The number of piperidine rings is 1. The van der Waals surface area contributed by atoms with Gasteiger partial charge >= 0.3 is 6.18 Å². The molecule has 1 aliphatic heterocycles. The molecule has 0 saturated carbocycles. The fraction of sp³-hybridized carbons (Fsp3) is 0.308. The summed E-state index contributed by atoms with van der Waals surface area (Å²) in [7, 11) is 0. The molecule has 1 aromatic carbocycles. The van der Waals surface area contributed by atoms with Crippen LogP contribution in [0.2, 0.25) is 0 Å². The van der Waals surface area contributed by atoms with Gasteiger partial charge in [-0.3, -0.25) is 0 Å². The van der Waals surface area contributed by atoms with Crippen molar-refractivity contribution < 1.29 is 13.2 Å². The molecule has 40 heavy (non-hydrogen) atoms. The maximum atomic E-state index is 13.8. The third-order valence-electron chi connectivity index (χ3n) is 6.86. The number of nitrogens with zero attached hydrogens (tertiary/aromatic N) is 9. The Labute approximate surface area is 227 Å². The maximum Gasteiger partial charge on any atom is 0.416 e. The summed E-state index contributed by atoms with van der Waals surface area (Å²) in [5.74, 6) is 0.778. The molecule has 0 radical (unpaired) electrons. The zero-order valence-corrected chi connectivity index (χ0v) is 21.8. The lowest BCUT2D eigenvalue weighted by atomic mass is 9.83. The number of nitrogens with one attached hydrogen (secondary N) is 2. The molecule has 11 nitrogen and oxygen atoms in total. The Kier molecular flexibility index (Phi) is 6.24. The van der Waals surface area contributed by atoms with Crippen molar-refractivity contribution in [1.29, 1.82) is 0 Å². The van der Waals surface area contributed by atoms with Crippen molar-refractivity contribution in [2.45, 2.75) is 32.9 Å². The van der Waals surface area contributed by atoms with Crippen LogP contribution in [-0.2, 0) is 6.18 Å². The van der Waals surface area contributed by atoms with Gasteiger partial charge in [-0.05, 0) is 42.5 Å². The average molecular weight is 550 g/mol. The molecule has 0 atom stereocenters. The van der Waals surface area contributed by atoms with E-state index in [4.69, 9.17) is 0 Å². The standard InChI is InChI=1S/C26H26F3N11/c1-25(2)4-8-39(9-5-25)24-36-22(33-18-3-7-38-10-6-31-21(38)14-18)35-23(37-24)34-19-11-17(26(27,28)29)12-20(13-19)40-16-30-15-32-40/h3,6-7,10-16H,4-5,8-9H2,1-2H3,(H2,33,34,35,36,37). The van der Waals surface area contributed by atoms with E-state index in [0.717, 1.165) is 43.7 Å². The lowest BCUT2D eigenvalue weighted by Crippen LogP contribution is -2.38. The molecule has 5 heterocycles. The van der Waals surface area contributed by atoms with Gasteiger partial charge in [-0.1, -0.05) is 13.8 Å². The molecule has 0 amide bonds. The number of rotatable bonds is 6. The van der Waals surface area contributed by atoms with E-state index < -0.39 is 11.7 Å². The van der Waals surface area contributed by atoms with Crippen LogP contribution < -0.4 is 15.5 Å². The number of pyridine rings is 1. The molecule has 2 N–H and O–H groups in total. The number of anilines is 5. The van der Waals surface area contributed by atoms with Crippen molar-refractivity contribution in [3.63, 3.8) is 0 Å². The molecule has 4 aromatic heterocycles. The number of hydrogen-bond donors (Lipinski definition) is 2. The maximum absolute atomic E-state index is 13.8. The third-order valence-corrected chi connectivity index (χ3v) is 6.86. The smallest absolute Gasteiger partial charge is 0.341 e. The van der Waals surface area contributed by atoms with Gasteiger partial charge in [-0.2, -0.15) is 33.2 Å². The van der Waals surface area contributed by atoms with Crippen LogP contribution >= 0.6 is 0 Å². The minimum Gasteiger partial charge on any atom is -0.341 e. The van der Waals surface area contributed by atoms with E-state index in [1.807, 2.05) is 28.9 Å². The molecule has 6 rings (SSSR count). The van der Waals surface area contributed by atoms with Gasteiger partial charge in [0.1, 0.15) is 18.3 Å². The zero-order chi connectivity index (χ0) is 27.9. The minimum atomic E-state index is -4.57. The van der Waals surface area contributed by atoms with Crippen LogP contribution in [0.4, 0.5) is 42.4 Å². The van der Waals surface area contributed by atoms with Gasteiger partial charge in [-0.15, -0.1) is 0 Å². The van der Waals surface area contributed by atoms with Crippen molar-refractivity contribution in [3.8, 4) is 5.69 Å². The van der Waals surface area contributed by atoms with Gasteiger partial charge in [-0.25, -0.2) is 14.6 Å². The summed E-state index contributed by atoms with van der Waals surface area (Å²) < 4.78 is 44.4. The first-order valence-corrected chi connectivity index (χ1v) is 12.7. The first-order valence-electron chi connectivity index (χ1n) is 12.7. The second-order valence-electron chi connectivity index (χ2n) is 10.4. The van der Waals surface area contributed by atoms with E-state index in [-0.39, 0.29) is 28.7 Å². The average Bonchev–Trinajstić information content (AvgIpc) is 3.60. The van der Waals surface area contributed by atoms with Crippen LogP contribution in [-0.4, -0.2) is 52.2 Å². The SMILES string of the molecule is CC1(C)CCN(c2nc(Nc3cc(-n4cncn4)cc(C(F)(F)F)c3)nc(Nc3ccn4ccnc4c3)n2)CC1.